The minimum Gasteiger partial charge on any atom is -0.494 e. The maximum Gasteiger partial charge on any atom is 0.260 e. The highest BCUT2D eigenvalue weighted by molar-refractivity contribution is 6.08. The van der Waals surface area contributed by atoms with Gasteiger partial charge in [0.2, 0.25) is 0 Å². The molecule has 5 rings (SSSR count). The Labute approximate surface area is 216 Å². The first-order chi connectivity index (χ1) is 18.1. The minimum absolute atomic E-state index is 0.00570. The van der Waals surface area contributed by atoms with Gasteiger partial charge in [-0.2, -0.15) is 0 Å². The lowest BCUT2D eigenvalue weighted by molar-refractivity contribution is 0.0952. The number of carbonyl (C=O) groups is 1. The fourth-order valence-corrected chi connectivity index (χ4v) is 5.43. The number of amides is 1. The summed E-state index contributed by atoms with van der Waals surface area (Å²) >= 11 is 0. The van der Waals surface area contributed by atoms with Crippen molar-refractivity contribution >= 4 is 17.4 Å². The SMILES string of the molecule is COc1ccc(Cc2ccnc(N(C(=O)c3cccc4c3CCN4)C3CCN(CCO)CC3)c2)cc1F. The zero-order valence-electron chi connectivity index (χ0n) is 21.1. The molecule has 3 aromatic rings. The highest BCUT2D eigenvalue weighted by Crippen LogP contribution is 2.31. The zero-order valence-corrected chi connectivity index (χ0v) is 21.1. The van der Waals surface area contributed by atoms with Crippen molar-refractivity contribution in [3.63, 3.8) is 0 Å². The first kappa shape index (κ1) is 25.2. The molecule has 2 aliphatic rings. The Kier molecular flexibility index (Phi) is 7.67. The number of pyridine rings is 1. The van der Waals surface area contributed by atoms with Crippen LogP contribution in [-0.2, 0) is 12.8 Å². The van der Waals surface area contributed by atoms with Gasteiger partial charge in [-0.05, 0) is 78.8 Å². The molecule has 1 amide bonds. The molecule has 0 aliphatic carbocycles. The van der Waals surface area contributed by atoms with Crippen LogP contribution in [-0.4, -0.2) is 66.8 Å². The molecule has 0 atom stereocenters. The van der Waals surface area contributed by atoms with Gasteiger partial charge in [0.1, 0.15) is 5.82 Å². The average Bonchev–Trinajstić information content (AvgIpc) is 3.40. The van der Waals surface area contributed by atoms with Gasteiger partial charge in [-0.25, -0.2) is 9.37 Å². The zero-order chi connectivity index (χ0) is 25.8. The molecule has 0 saturated carbocycles. The van der Waals surface area contributed by atoms with Gasteiger partial charge in [-0.15, -0.1) is 0 Å². The number of nitrogens with one attached hydrogen (secondary N) is 1. The molecule has 2 N–H and O–H groups in total. The first-order valence-electron chi connectivity index (χ1n) is 12.9. The van der Waals surface area contributed by atoms with Crippen LogP contribution in [0, 0.1) is 5.82 Å². The number of rotatable bonds is 8. The van der Waals surface area contributed by atoms with Crippen LogP contribution in [0.15, 0.2) is 54.7 Å². The quantitative estimate of drug-likeness (QED) is 0.485. The van der Waals surface area contributed by atoms with Crippen molar-refractivity contribution in [3.8, 4) is 5.75 Å². The van der Waals surface area contributed by atoms with Gasteiger partial charge in [0.15, 0.2) is 11.6 Å². The summed E-state index contributed by atoms with van der Waals surface area (Å²) in [6.07, 6.45) is 4.65. The molecule has 194 valence electrons. The van der Waals surface area contributed by atoms with Crippen molar-refractivity contribution in [3.05, 3.63) is 82.8 Å². The molecular weight excluding hydrogens is 471 g/mol. The number of halogens is 1. The summed E-state index contributed by atoms with van der Waals surface area (Å²) in [6, 6.07) is 14.7. The van der Waals surface area contributed by atoms with E-state index < -0.39 is 5.82 Å². The largest absolute Gasteiger partial charge is 0.494 e. The first-order valence-corrected chi connectivity index (χ1v) is 12.9. The van der Waals surface area contributed by atoms with Gasteiger partial charge >= 0.3 is 0 Å². The molecule has 0 spiro atoms. The molecule has 1 fully saturated rings. The predicted octanol–water partition coefficient (Wildman–Crippen LogP) is 3.89. The van der Waals surface area contributed by atoms with Crippen molar-refractivity contribution < 1.29 is 19.0 Å². The van der Waals surface area contributed by atoms with Crippen LogP contribution in [0.1, 0.15) is 39.9 Å². The number of fused-ring (bicyclic) bond motifs is 1. The Morgan fingerprint density at radius 1 is 1.19 bits per heavy atom. The predicted molar refractivity (Wildman–Crippen MR) is 142 cm³/mol. The lowest BCUT2D eigenvalue weighted by Crippen LogP contribution is -2.48. The number of aromatic nitrogens is 1. The van der Waals surface area contributed by atoms with Gasteiger partial charge in [-0.1, -0.05) is 12.1 Å². The molecule has 0 bridgehead atoms. The minimum atomic E-state index is -0.396. The molecule has 7 nitrogen and oxygen atoms in total. The van der Waals surface area contributed by atoms with Crippen molar-refractivity contribution in [1.82, 2.24) is 9.88 Å². The number of anilines is 2. The van der Waals surface area contributed by atoms with E-state index in [9.17, 15) is 14.3 Å². The van der Waals surface area contributed by atoms with Crippen molar-refractivity contribution in [2.24, 2.45) is 0 Å². The maximum atomic E-state index is 14.3. The number of likely N-dealkylation sites (tertiary alicyclic amines) is 1. The van der Waals surface area contributed by atoms with Gasteiger partial charge in [0, 0.05) is 49.7 Å². The van der Waals surface area contributed by atoms with Gasteiger partial charge in [0.25, 0.3) is 5.91 Å². The smallest absolute Gasteiger partial charge is 0.260 e. The van der Waals surface area contributed by atoms with E-state index >= 15 is 0 Å². The fourth-order valence-electron chi connectivity index (χ4n) is 5.43. The Balaban J connectivity index is 1.46. The number of aliphatic hydroxyl groups excluding tert-OH is 1. The molecule has 37 heavy (non-hydrogen) atoms. The topological polar surface area (TPSA) is 77.9 Å². The Morgan fingerprint density at radius 3 is 2.76 bits per heavy atom. The molecule has 0 radical (unpaired) electrons. The number of β-amino-alcohol motifs (C(OH)–C–C–N with tert-alkyl or cyclic N) is 1. The van der Waals surface area contributed by atoms with Gasteiger partial charge in [-0.3, -0.25) is 9.69 Å². The molecule has 2 aliphatic heterocycles. The summed E-state index contributed by atoms with van der Waals surface area (Å²) in [4.78, 5) is 22.9. The lowest BCUT2D eigenvalue weighted by atomic mass is 9.98. The molecule has 2 aromatic carbocycles. The highest BCUT2D eigenvalue weighted by Gasteiger charge is 2.32. The Bertz CT molecular complexity index is 1260. The van der Waals surface area contributed by atoms with Crippen LogP contribution in [0.3, 0.4) is 0 Å². The summed E-state index contributed by atoms with van der Waals surface area (Å²) in [5.74, 6) is 0.391. The second-order valence-corrected chi connectivity index (χ2v) is 9.65. The second kappa shape index (κ2) is 11.3. The molecule has 8 heteroatoms. The van der Waals surface area contributed by atoms with Crippen LogP contribution in [0.5, 0.6) is 5.75 Å². The van der Waals surface area contributed by atoms with E-state index in [1.54, 1.807) is 12.3 Å². The van der Waals surface area contributed by atoms with Crippen molar-refractivity contribution in [2.75, 3.05) is 50.1 Å². The third-order valence-corrected chi connectivity index (χ3v) is 7.34. The average molecular weight is 505 g/mol. The highest BCUT2D eigenvalue weighted by atomic mass is 19.1. The molecule has 3 heterocycles. The third kappa shape index (κ3) is 5.45. The van der Waals surface area contributed by atoms with Crippen LogP contribution >= 0.6 is 0 Å². The van der Waals surface area contributed by atoms with E-state index in [0.29, 0.717) is 24.3 Å². The maximum absolute atomic E-state index is 14.3. The van der Waals surface area contributed by atoms with Crippen LogP contribution in [0.2, 0.25) is 0 Å². The molecule has 1 saturated heterocycles. The number of benzene rings is 2. The van der Waals surface area contributed by atoms with E-state index in [-0.39, 0.29) is 24.3 Å². The van der Waals surface area contributed by atoms with E-state index in [0.717, 1.165) is 61.3 Å². The van der Waals surface area contributed by atoms with E-state index in [2.05, 4.69) is 15.2 Å². The summed E-state index contributed by atoms with van der Waals surface area (Å²) < 4.78 is 19.3. The summed E-state index contributed by atoms with van der Waals surface area (Å²) in [5.41, 5.74) is 4.55. The number of hydrogen-bond donors (Lipinski definition) is 2. The van der Waals surface area contributed by atoms with E-state index in [4.69, 9.17) is 4.74 Å². The van der Waals surface area contributed by atoms with Crippen LogP contribution in [0.25, 0.3) is 0 Å². The van der Waals surface area contributed by atoms with Crippen molar-refractivity contribution in [2.45, 2.75) is 31.7 Å². The van der Waals surface area contributed by atoms with Crippen LogP contribution in [0.4, 0.5) is 15.9 Å². The number of ether oxygens (including phenoxy) is 1. The molecule has 0 unspecified atom stereocenters. The monoisotopic (exact) mass is 504 g/mol. The third-order valence-electron chi connectivity index (χ3n) is 7.34. The fraction of sp³-hybridized carbons (Fsp3) is 0.379. The van der Waals surface area contributed by atoms with Gasteiger partial charge in [0.05, 0.1) is 13.7 Å². The number of carbonyl (C=O) groups excluding carboxylic acids is 1. The lowest BCUT2D eigenvalue weighted by Gasteiger charge is -2.38. The standard InChI is InChI=1S/C29H33FN4O3/c1-37-27-6-5-20(18-25(27)30)17-21-7-11-32-28(19-21)34(22-9-13-33(14-10-22)15-16-35)29(36)24-3-2-4-26-23(24)8-12-31-26/h2-7,11,18-19,22,31,35H,8-10,12-17H2,1H3. The van der Waals surface area contributed by atoms with Gasteiger partial charge < -0.3 is 20.1 Å². The second-order valence-electron chi connectivity index (χ2n) is 9.65. The number of piperidine rings is 1. The van der Waals surface area contributed by atoms with E-state index in [1.807, 2.05) is 41.3 Å². The van der Waals surface area contributed by atoms with Crippen molar-refractivity contribution in [1.29, 1.82) is 0 Å². The summed E-state index contributed by atoms with van der Waals surface area (Å²) in [6.45, 7) is 3.23. The Hall–Kier alpha value is -3.49. The normalized spacial score (nSPS) is 15.8. The van der Waals surface area contributed by atoms with Crippen LogP contribution < -0.4 is 15.0 Å². The number of hydrogen-bond acceptors (Lipinski definition) is 6. The number of aliphatic hydroxyl groups is 1. The number of nitrogens with zero attached hydrogens (tertiary/aromatic N) is 3. The summed E-state index contributed by atoms with van der Waals surface area (Å²) in [7, 11) is 1.45. The van der Waals surface area contributed by atoms with E-state index in [1.165, 1.54) is 13.2 Å². The Morgan fingerprint density at radius 2 is 2.00 bits per heavy atom. The molecular formula is C29H33FN4O3. The number of methoxy groups -OCH3 is 1. The molecule has 1 aromatic heterocycles. The summed E-state index contributed by atoms with van der Waals surface area (Å²) in [5, 5.41) is 12.7.